The van der Waals surface area contributed by atoms with Crippen molar-refractivity contribution in [3.05, 3.63) is 74.1 Å². The van der Waals surface area contributed by atoms with Crippen molar-refractivity contribution in [2.45, 2.75) is 19.9 Å². The van der Waals surface area contributed by atoms with Gasteiger partial charge in [0, 0.05) is 0 Å². The van der Waals surface area contributed by atoms with Crippen molar-refractivity contribution in [2.75, 3.05) is 19.1 Å². The molecule has 0 N–H and O–H groups in total. The van der Waals surface area contributed by atoms with E-state index in [4.69, 9.17) is 13.9 Å². The van der Waals surface area contributed by atoms with E-state index in [1.54, 1.807) is 37.4 Å². The molecule has 1 amide bonds. The monoisotopic (exact) mass is 449 g/mol. The predicted octanol–water partition coefficient (Wildman–Crippen LogP) is 4.03. The standard InChI is InChI=1S/C23H19N3O5S/c1-11-7-14-16(8-12(11)2)31-21-18(20(14)27)19(26(22(21)28)23-25-24-10-32-23)13-5-6-15(29-3)17(9-13)30-4/h5-10,19H,1-4H3. The van der Waals surface area contributed by atoms with Gasteiger partial charge in [-0.2, -0.15) is 0 Å². The predicted molar refractivity (Wildman–Crippen MR) is 120 cm³/mol. The zero-order chi connectivity index (χ0) is 22.6. The Hall–Kier alpha value is -3.72. The number of carbonyl (C=O) groups excluding carboxylic acids is 1. The van der Waals surface area contributed by atoms with E-state index in [0.717, 1.165) is 11.1 Å². The molecule has 9 heteroatoms. The van der Waals surface area contributed by atoms with Crippen molar-refractivity contribution in [3.8, 4) is 11.5 Å². The highest BCUT2D eigenvalue weighted by atomic mass is 32.1. The number of ether oxygens (including phenoxy) is 2. The zero-order valence-electron chi connectivity index (χ0n) is 17.8. The molecule has 8 nitrogen and oxygen atoms in total. The van der Waals surface area contributed by atoms with Crippen LogP contribution in [0, 0.1) is 13.8 Å². The molecule has 1 aliphatic heterocycles. The van der Waals surface area contributed by atoms with Gasteiger partial charge >= 0.3 is 0 Å². The lowest BCUT2D eigenvalue weighted by atomic mass is 9.97. The van der Waals surface area contributed by atoms with Gasteiger partial charge in [-0.25, -0.2) is 0 Å². The number of hydrogen-bond donors (Lipinski definition) is 0. The SMILES string of the molecule is COc1ccc(C2c3c(oc4cc(C)c(C)cc4c3=O)C(=O)N2c2nncs2)cc1OC. The summed E-state index contributed by atoms with van der Waals surface area (Å²) in [4.78, 5) is 28.6. The number of anilines is 1. The average molecular weight is 449 g/mol. The second-order valence-corrected chi connectivity index (χ2v) is 8.33. The number of hydrogen-bond acceptors (Lipinski definition) is 8. The number of aromatic nitrogens is 2. The van der Waals surface area contributed by atoms with Gasteiger partial charge in [0.25, 0.3) is 5.91 Å². The molecule has 2 aromatic carbocycles. The van der Waals surface area contributed by atoms with E-state index >= 15 is 0 Å². The Bertz CT molecular complexity index is 1430. The van der Waals surface area contributed by atoms with Crippen molar-refractivity contribution in [1.29, 1.82) is 0 Å². The summed E-state index contributed by atoms with van der Waals surface area (Å²) >= 11 is 1.21. The third-order valence-electron chi connectivity index (χ3n) is 5.76. The van der Waals surface area contributed by atoms with Crippen molar-refractivity contribution >= 4 is 33.3 Å². The number of amides is 1. The molecule has 0 radical (unpaired) electrons. The number of aryl methyl sites for hydroxylation is 2. The lowest BCUT2D eigenvalue weighted by molar-refractivity contribution is 0.0970. The van der Waals surface area contributed by atoms with E-state index in [0.29, 0.717) is 33.2 Å². The molecule has 0 saturated carbocycles. The van der Waals surface area contributed by atoms with Gasteiger partial charge in [0.1, 0.15) is 11.1 Å². The first-order valence-electron chi connectivity index (χ1n) is 9.84. The molecule has 4 aromatic rings. The molecular weight excluding hydrogens is 430 g/mol. The minimum atomic E-state index is -0.743. The van der Waals surface area contributed by atoms with Gasteiger partial charge < -0.3 is 13.9 Å². The number of fused-ring (bicyclic) bond motifs is 2. The van der Waals surface area contributed by atoms with Gasteiger partial charge in [-0.3, -0.25) is 14.5 Å². The largest absolute Gasteiger partial charge is 0.493 e. The van der Waals surface area contributed by atoms with Crippen LogP contribution in [0.1, 0.15) is 38.9 Å². The fourth-order valence-corrected chi connectivity index (χ4v) is 4.62. The summed E-state index contributed by atoms with van der Waals surface area (Å²) in [5.41, 5.74) is 4.56. The highest BCUT2D eigenvalue weighted by Gasteiger charge is 2.45. The number of benzene rings is 2. The summed E-state index contributed by atoms with van der Waals surface area (Å²) < 4.78 is 16.8. The van der Waals surface area contributed by atoms with Gasteiger partial charge in [-0.1, -0.05) is 17.4 Å². The Morgan fingerprint density at radius 3 is 2.47 bits per heavy atom. The highest BCUT2D eigenvalue weighted by molar-refractivity contribution is 7.13. The molecule has 5 rings (SSSR count). The van der Waals surface area contributed by atoms with Crippen molar-refractivity contribution in [3.63, 3.8) is 0 Å². The van der Waals surface area contributed by atoms with Crippen molar-refractivity contribution in [2.24, 2.45) is 0 Å². The van der Waals surface area contributed by atoms with Crippen LogP contribution < -0.4 is 19.8 Å². The summed E-state index contributed by atoms with van der Waals surface area (Å²) in [6.45, 7) is 3.87. The van der Waals surface area contributed by atoms with E-state index in [9.17, 15) is 9.59 Å². The van der Waals surface area contributed by atoms with Crippen LogP contribution in [0.4, 0.5) is 5.13 Å². The first-order valence-corrected chi connectivity index (χ1v) is 10.7. The molecule has 1 aliphatic rings. The van der Waals surface area contributed by atoms with E-state index in [2.05, 4.69) is 10.2 Å². The highest BCUT2D eigenvalue weighted by Crippen LogP contribution is 2.43. The van der Waals surface area contributed by atoms with Gasteiger partial charge in [0.05, 0.1) is 31.2 Å². The minimum absolute atomic E-state index is 0.0146. The van der Waals surface area contributed by atoms with Crippen LogP contribution in [0.5, 0.6) is 11.5 Å². The van der Waals surface area contributed by atoms with Crippen LogP contribution in [0.2, 0.25) is 0 Å². The molecule has 162 valence electrons. The normalized spacial score (nSPS) is 15.3. The Labute approximate surface area is 187 Å². The minimum Gasteiger partial charge on any atom is -0.493 e. The van der Waals surface area contributed by atoms with Gasteiger partial charge in [-0.15, -0.1) is 10.2 Å². The average Bonchev–Trinajstić information content (AvgIpc) is 3.41. The smallest absolute Gasteiger partial charge is 0.297 e. The number of methoxy groups -OCH3 is 2. The van der Waals surface area contributed by atoms with Crippen LogP contribution in [-0.4, -0.2) is 30.3 Å². The second-order valence-electron chi connectivity index (χ2n) is 7.52. The lowest BCUT2D eigenvalue weighted by Gasteiger charge is -2.22. The Morgan fingerprint density at radius 1 is 1.03 bits per heavy atom. The van der Waals surface area contributed by atoms with E-state index in [1.165, 1.54) is 28.9 Å². The van der Waals surface area contributed by atoms with E-state index < -0.39 is 11.9 Å². The summed E-state index contributed by atoms with van der Waals surface area (Å²) in [5, 5.41) is 8.77. The van der Waals surface area contributed by atoms with Crippen LogP contribution in [0.15, 0.2) is 45.1 Å². The maximum atomic E-state index is 13.7. The van der Waals surface area contributed by atoms with Crippen molar-refractivity contribution < 1.29 is 18.7 Å². The number of rotatable bonds is 4. The fraction of sp³-hybridized carbons (Fsp3) is 0.217. The molecule has 2 aromatic heterocycles. The van der Waals surface area contributed by atoms with Crippen LogP contribution in [0.25, 0.3) is 11.0 Å². The molecular formula is C23H19N3O5S. The van der Waals surface area contributed by atoms with E-state index in [1.807, 2.05) is 13.8 Å². The summed E-state index contributed by atoms with van der Waals surface area (Å²) in [5.74, 6) is 0.606. The first kappa shape index (κ1) is 20.2. The Balaban J connectivity index is 1.82. The molecule has 0 aliphatic carbocycles. The van der Waals surface area contributed by atoms with E-state index in [-0.39, 0.29) is 16.8 Å². The second kappa shape index (κ2) is 7.45. The molecule has 0 spiro atoms. The number of nitrogens with zero attached hydrogens (tertiary/aromatic N) is 3. The number of carbonyl (C=O) groups is 1. The zero-order valence-corrected chi connectivity index (χ0v) is 18.6. The molecule has 0 bridgehead atoms. The maximum absolute atomic E-state index is 13.7. The van der Waals surface area contributed by atoms with Gasteiger partial charge in [0.2, 0.25) is 10.9 Å². The van der Waals surface area contributed by atoms with Gasteiger partial charge in [-0.05, 0) is 54.8 Å². The topological polar surface area (TPSA) is 94.8 Å². The molecule has 32 heavy (non-hydrogen) atoms. The third-order valence-corrected chi connectivity index (χ3v) is 6.45. The van der Waals surface area contributed by atoms with Crippen LogP contribution in [-0.2, 0) is 0 Å². The molecule has 1 unspecified atom stereocenters. The van der Waals surface area contributed by atoms with Crippen LogP contribution >= 0.6 is 11.3 Å². The summed E-state index contributed by atoms with van der Waals surface area (Å²) in [6.07, 6.45) is 0. The molecule has 3 heterocycles. The third kappa shape index (κ3) is 2.89. The first-order chi connectivity index (χ1) is 15.4. The van der Waals surface area contributed by atoms with Crippen molar-refractivity contribution in [1.82, 2.24) is 10.2 Å². The summed E-state index contributed by atoms with van der Waals surface area (Å²) in [7, 11) is 3.08. The lowest BCUT2D eigenvalue weighted by Crippen LogP contribution is -2.29. The van der Waals surface area contributed by atoms with Gasteiger partial charge in [0.15, 0.2) is 16.9 Å². The molecule has 0 fully saturated rings. The Morgan fingerprint density at radius 2 is 1.78 bits per heavy atom. The fourth-order valence-electron chi connectivity index (χ4n) is 4.04. The molecule has 1 atom stereocenters. The maximum Gasteiger partial charge on any atom is 0.297 e. The quantitative estimate of drug-likeness (QED) is 0.464. The van der Waals surface area contributed by atoms with Crippen LogP contribution in [0.3, 0.4) is 0 Å². The Kier molecular flexibility index (Phi) is 4.70. The molecule has 0 saturated heterocycles. The summed E-state index contributed by atoms with van der Waals surface area (Å²) in [6, 6.07) is 8.15.